The summed E-state index contributed by atoms with van der Waals surface area (Å²) in [4.78, 5) is 4.03. The molecule has 2 rings (SSSR count). The molecule has 0 aliphatic carbocycles. The molecular formula is C15H16F2N2O. The minimum Gasteiger partial charge on any atom is -0.481 e. The lowest BCUT2D eigenvalue weighted by molar-refractivity contribution is 0.270. The summed E-state index contributed by atoms with van der Waals surface area (Å²) in [6, 6.07) is 7.84. The number of nitrogens with zero attached hydrogens (tertiary/aromatic N) is 1. The third-order valence-electron chi connectivity index (χ3n) is 2.73. The van der Waals surface area contributed by atoms with Crippen molar-refractivity contribution in [2.75, 3.05) is 6.54 Å². The molecule has 0 spiro atoms. The van der Waals surface area contributed by atoms with Gasteiger partial charge in [-0.15, -0.1) is 0 Å². The number of benzene rings is 1. The Bertz CT molecular complexity index is 538. The summed E-state index contributed by atoms with van der Waals surface area (Å²) in [5, 5.41) is 3.01. The zero-order valence-corrected chi connectivity index (χ0v) is 11.2. The van der Waals surface area contributed by atoms with Gasteiger partial charge in [-0.2, -0.15) is 0 Å². The Labute approximate surface area is 116 Å². The smallest absolute Gasteiger partial charge is 0.191 e. The molecule has 1 aromatic heterocycles. The average molecular weight is 278 g/mol. The molecule has 0 unspecified atom stereocenters. The molecule has 1 heterocycles. The Hall–Kier alpha value is -2.01. The van der Waals surface area contributed by atoms with Crippen molar-refractivity contribution in [3.8, 4) is 5.75 Å². The van der Waals surface area contributed by atoms with E-state index in [-0.39, 0.29) is 12.4 Å². The van der Waals surface area contributed by atoms with Gasteiger partial charge in [0.25, 0.3) is 0 Å². The maximum Gasteiger partial charge on any atom is 0.191 e. The van der Waals surface area contributed by atoms with Gasteiger partial charge in [-0.3, -0.25) is 4.98 Å². The van der Waals surface area contributed by atoms with E-state index in [2.05, 4.69) is 10.3 Å². The predicted octanol–water partition coefficient (Wildman–Crippen LogP) is 3.05. The van der Waals surface area contributed by atoms with Crippen molar-refractivity contribution in [1.29, 1.82) is 0 Å². The summed E-state index contributed by atoms with van der Waals surface area (Å²) in [5.41, 5.74) is 1.16. The summed E-state index contributed by atoms with van der Waals surface area (Å²) in [6.07, 6.45) is 1.60. The van der Waals surface area contributed by atoms with Crippen molar-refractivity contribution in [3.63, 3.8) is 0 Å². The first kappa shape index (κ1) is 14.4. The van der Waals surface area contributed by atoms with Crippen LogP contribution in [-0.4, -0.2) is 11.5 Å². The van der Waals surface area contributed by atoms with E-state index in [0.29, 0.717) is 17.8 Å². The molecule has 1 aromatic carbocycles. The summed E-state index contributed by atoms with van der Waals surface area (Å²) in [6.45, 7) is 3.12. The Balaban J connectivity index is 2.08. The van der Waals surface area contributed by atoms with Gasteiger partial charge in [0.2, 0.25) is 0 Å². The molecule has 5 heteroatoms. The standard InChI is InChI=1S/C15H16F2N2O/c1-2-18-9-11-7-13(16)15(14(17)8-11)20-10-12-5-3-4-6-19-12/h3-8,18H,2,9-10H2,1H3. The van der Waals surface area contributed by atoms with Gasteiger partial charge in [-0.05, 0) is 36.4 Å². The number of pyridine rings is 1. The predicted molar refractivity (Wildman–Crippen MR) is 72.3 cm³/mol. The third-order valence-corrected chi connectivity index (χ3v) is 2.73. The summed E-state index contributed by atoms with van der Waals surface area (Å²) in [5.74, 6) is -1.77. The van der Waals surface area contributed by atoms with Crippen LogP contribution in [0.15, 0.2) is 36.5 Å². The van der Waals surface area contributed by atoms with E-state index in [0.717, 1.165) is 6.54 Å². The second kappa shape index (κ2) is 6.96. The Morgan fingerprint density at radius 2 is 1.95 bits per heavy atom. The van der Waals surface area contributed by atoms with Gasteiger partial charge in [0.05, 0.1) is 5.69 Å². The lowest BCUT2D eigenvalue weighted by Gasteiger charge is -2.10. The minimum absolute atomic E-state index is 0.0290. The molecule has 1 N–H and O–H groups in total. The number of hydrogen-bond donors (Lipinski definition) is 1. The molecule has 0 aliphatic rings. The fraction of sp³-hybridized carbons (Fsp3) is 0.267. The van der Waals surface area contributed by atoms with Gasteiger partial charge in [0.1, 0.15) is 6.61 Å². The molecule has 3 nitrogen and oxygen atoms in total. The van der Waals surface area contributed by atoms with Gasteiger partial charge in [-0.1, -0.05) is 13.0 Å². The number of hydrogen-bond acceptors (Lipinski definition) is 3. The van der Waals surface area contributed by atoms with E-state index < -0.39 is 11.6 Å². The van der Waals surface area contributed by atoms with Gasteiger partial charge in [0, 0.05) is 12.7 Å². The van der Waals surface area contributed by atoms with Crippen LogP contribution in [0.25, 0.3) is 0 Å². The summed E-state index contributed by atoms with van der Waals surface area (Å²) in [7, 11) is 0. The highest BCUT2D eigenvalue weighted by atomic mass is 19.1. The van der Waals surface area contributed by atoms with Gasteiger partial charge >= 0.3 is 0 Å². The first-order chi connectivity index (χ1) is 9.70. The minimum atomic E-state index is -0.700. The van der Waals surface area contributed by atoms with Crippen LogP contribution in [0.1, 0.15) is 18.2 Å². The van der Waals surface area contributed by atoms with Crippen molar-refractivity contribution in [2.45, 2.75) is 20.1 Å². The van der Waals surface area contributed by atoms with Crippen molar-refractivity contribution in [1.82, 2.24) is 10.3 Å². The van der Waals surface area contributed by atoms with Crippen molar-refractivity contribution in [3.05, 3.63) is 59.4 Å². The topological polar surface area (TPSA) is 34.1 Å². The molecule has 0 saturated carbocycles. The van der Waals surface area contributed by atoms with Gasteiger partial charge in [0.15, 0.2) is 17.4 Å². The van der Waals surface area contributed by atoms with Gasteiger partial charge in [-0.25, -0.2) is 8.78 Å². The SMILES string of the molecule is CCNCc1cc(F)c(OCc2ccccn2)c(F)c1. The molecule has 0 bridgehead atoms. The van der Waals surface area contributed by atoms with Crippen molar-refractivity contribution >= 4 is 0 Å². The lowest BCUT2D eigenvalue weighted by Crippen LogP contribution is -2.12. The highest BCUT2D eigenvalue weighted by molar-refractivity contribution is 5.31. The summed E-state index contributed by atoms with van der Waals surface area (Å²) >= 11 is 0. The van der Waals surface area contributed by atoms with E-state index in [1.807, 2.05) is 6.92 Å². The van der Waals surface area contributed by atoms with Crippen LogP contribution in [0.4, 0.5) is 8.78 Å². The zero-order valence-electron chi connectivity index (χ0n) is 11.2. The largest absolute Gasteiger partial charge is 0.481 e. The first-order valence-electron chi connectivity index (χ1n) is 6.42. The fourth-order valence-electron chi connectivity index (χ4n) is 1.75. The molecular weight excluding hydrogens is 262 g/mol. The summed E-state index contributed by atoms with van der Waals surface area (Å²) < 4.78 is 32.8. The van der Waals surface area contributed by atoms with Crippen LogP contribution in [-0.2, 0) is 13.2 Å². The molecule has 0 saturated heterocycles. The Kier molecular flexibility index (Phi) is 5.01. The highest BCUT2D eigenvalue weighted by Gasteiger charge is 2.13. The molecule has 0 fully saturated rings. The highest BCUT2D eigenvalue weighted by Crippen LogP contribution is 2.24. The average Bonchev–Trinajstić information content (AvgIpc) is 2.45. The normalized spacial score (nSPS) is 10.6. The van der Waals surface area contributed by atoms with Crippen molar-refractivity contribution in [2.24, 2.45) is 0 Å². The Morgan fingerprint density at radius 1 is 1.20 bits per heavy atom. The first-order valence-corrected chi connectivity index (χ1v) is 6.42. The number of aromatic nitrogens is 1. The molecule has 106 valence electrons. The second-order valence-electron chi connectivity index (χ2n) is 4.28. The molecule has 0 radical (unpaired) electrons. The van der Waals surface area contributed by atoms with Crippen molar-refractivity contribution < 1.29 is 13.5 Å². The van der Waals surface area contributed by atoms with E-state index >= 15 is 0 Å². The van der Waals surface area contributed by atoms with E-state index in [1.165, 1.54) is 12.1 Å². The molecule has 0 amide bonds. The zero-order chi connectivity index (χ0) is 14.4. The van der Waals surface area contributed by atoms with E-state index in [4.69, 9.17) is 4.74 Å². The van der Waals surface area contributed by atoms with Crippen LogP contribution in [0, 0.1) is 11.6 Å². The monoisotopic (exact) mass is 278 g/mol. The number of ether oxygens (including phenoxy) is 1. The maximum atomic E-state index is 13.8. The molecule has 2 aromatic rings. The third kappa shape index (κ3) is 3.74. The van der Waals surface area contributed by atoms with Crippen LogP contribution in [0.2, 0.25) is 0 Å². The van der Waals surface area contributed by atoms with Crippen LogP contribution < -0.4 is 10.1 Å². The number of rotatable bonds is 6. The second-order valence-corrected chi connectivity index (χ2v) is 4.28. The molecule has 0 atom stereocenters. The number of halogens is 2. The van der Waals surface area contributed by atoms with Gasteiger partial charge < -0.3 is 10.1 Å². The van der Waals surface area contributed by atoms with E-state index in [9.17, 15) is 8.78 Å². The quantitative estimate of drug-likeness (QED) is 0.882. The maximum absolute atomic E-state index is 13.8. The van der Waals surface area contributed by atoms with Crippen LogP contribution in [0.5, 0.6) is 5.75 Å². The molecule has 20 heavy (non-hydrogen) atoms. The fourth-order valence-corrected chi connectivity index (χ4v) is 1.75. The number of nitrogens with one attached hydrogen (secondary N) is 1. The lowest BCUT2D eigenvalue weighted by atomic mass is 10.2. The Morgan fingerprint density at radius 3 is 2.55 bits per heavy atom. The van der Waals surface area contributed by atoms with Crippen LogP contribution >= 0.6 is 0 Å². The van der Waals surface area contributed by atoms with E-state index in [1.54, 1.807) is 24.4 Å². The molecule has 0 aliphatic heterocycles. The van der Waals surface area contributed by atoms with Crippen LogP contribution in [0.3, 0.4) is 0 Å².